The Morgan fingerprint density at radius 1 is 1.04 bits per heavy atom. The molecule has 0 bridgehead atoms. The van der Waals surface area contributed by atoms with E-state index in [0.717, 1.165) is 4.47 Å². The number of hydrogen-bond donors (Lipinski definition) is 1. The standard InChI is InChI=1S/C16H12BrF2NO4/c17-11-3-5-12(6-4-11)20-14(21)9-23-15(22)10-1-7-13(8-2-10)24-16(18)19/h1-8,16H,9H2,(H,20,21). The molecule has 0 aromatic heterocycles. The van der Waals surface area contributed by atoms with Gasteiger partial charge in [-0.3, -0.25) is 4.79 Å². The maximum absolute atomic E-state index is 12.0. The lowest BCUT2D eigenvalue weighted by Crippen LogP contribution is -2.20. The molecular weight excluding hydrogens is 388 g/mol. The minimum atomic E-state index is -2.94. The monoisotopic (exact) mass is 399 g/mol. The van der Waals surface area contributed by atoms with Crippen LogP contribution < -0.4 is 10.1 Å². The number of ether oxygens (including phenoxy) is 2. The summed E-state index contributed by atoms with van der Waals surface area (Å²) >= 11 is 3.27. The molecule has 0 saturated heterocycles. The lowest BCUT2D eigenvalue weighted by atomic mass is 10.2. The van der Waals surface area contributed by atoms with Crippen LogP contribution in [0.1, 0.15) is 10.4 Å². The van der Waals surface area contributed by atoms with E-state index in [1.807, 2.05) is 0 Å². The Bertz CT molecular complexity index is 705. The Labute approximate surface area is 144 Å². The first kappa shape index (κ1) is 17.9. The van der Waals surface area contributed by atoms with Crippen LogP contribution in [0.25, 0.3) is 0 Å². The lowest BCUT2D eigenvalue weighted by molar-refractivity contribution is -0.119. The number of amides is 1. The van der Waals surface area contributed by atoms with E-state index in [0.29, 0.717) is 5.69 Å². The Morgan fingerprint density at radius 3 is 2.25 bits per heavy atom. The zero-order valence-electron chi connectivity index (χ0n) is 12.2. The number of halogens is 3. The number of nitrogens with one attached hydrogen (secondary N) is 1. The summed E-state index contributed by atoms with van der Waals surface area (Å²) in [6.07, 6.45) is 0. The van der Waals surface area contributed by atoms with Gasteiger partial charge in [-0.2, -0.15) is 8.78 Å². The molecule has 0 aliphatic heterocycles. The number of alkyl halides is 2. The molecule has 0 atom stereocenters. The molecule has 0 fully saturated rings. The summed E-state index contributed by atoms with van der Waals surface area (Å²) < 4.78 is 34.0. The van der Waals surface area contributed by atoms with Crippen molar-refractivity contribution in [2.75, 3.05) is 11.9 Å². The van der Waals surface area contributed by atoms with Crippen molar-refractivity contribution >= 4 is 33.5 Å². The SMILES string of the molecule is O=C(COC(=O)c1ccc(OC(F)F)cc1)Nc1ccc(Br)cc1. The van der Waals surface area contributed by atoms with Crippen molar-refractivity contribution in [1.82, 2.24) is 0 Å². The fourth-order valence-electron chi connectivity index (χ4n) is 1.72. The Hall–Kier alpha value is -2.48. The van der Waals surface area contributed by atoms with E-state index in [1.54, 1.807) is 24.3 Å². The molecular formula is C16H12BrF2NO4. The first-order chi connectivity index (χ1) is 11.4. The summed E-state index contributed by atoms with van der Waals surface area (Å²) in [5, 5.41) is 2.57. The zero-order chi connectivity index (χ0) is 17.5. The first-order valence-corrected chi connectivity index (χ1v) is 7.51. The highest BCUT2D eigenvalue weighted by atomic mass is 79.9. The Morgan fingerprint density at radius 2 is 1.67 bits per heavy atom. The second-order valence-corrected chi connectivity index (χ2v) is 5.45. The first-order valence-electron chi connectivity index (χ1n) is 6.71. The number of esters is 1. The fourth-order valence-corrected chi connectivity index (χ4v) is 1.98. The maximum Gasteiger partial charge on any atom is 0.387 e. The number of carbonyl (C=O) groups excluding carboxylic acids is 2. The number of carbonyl (C=O) groups is 2. The van der Waals surface area contributed by atoms with E-state index in [2.05, 4.69) is 26.0 Å². The van der Waals surface area contributed by atoms with Crippen molar-refractivity contribution < 1.29 is 27.8 Å². The van der Waals surface area contributed by atoms with Crippen molar-refractivity contribution in [3.05, 3.63) is 58.6 Å². The smallest absolute Gasteiger partial charge is 0.387 e. The third-order valence-corrected chi connectivity index (χ3v) is 3.31. The van der Waals surface area contributed by atoms with Crippen LogP contribution in [0.15, 0.2) is 53.0 Å². The highest BCUT2D eigenvalue weighted by Crippen LogP contribution is 2.16. The topological polar surface area (TPSA) is 64.6 Å². The van der Waals surface area contributed by atoms with Crippen molar-refractivity contribution in [1.29, 1.82) is 0 Å². The molecule has 0 spiro atoms. The molecule has 1 amide bonds. The van der Waals surface area contributed by atoms with Gasteiger partial charge in [0.1, 0.15) is 5.75 Å². The van der Waals surface area contributed by atoms with E-state index in [-0.39, 0.29) is 11.3 Å². The van der Waals surface area contributed by atoms with Gasteiger partial charge in [-0.1, -0.05) is 15.9 Å². The van der Waals surface area contributed by atoms with E-state index in [1.165, 1.54) is 24.3 Å². The van der Waals surface area contributed by atoms with Gasteiger partial charge in [0.05, 0.1) is 5.56 Å². The molecule has 0 heterocycles. The molecule has 0 aliphatic carbocycles. The Kier molecular flexibility index (Phi) is 6.25. The third kappa shape index (κ3) is 5.62. The molecule has 2 aromatic carbocycles. The molecule has 8 heteroatoms. The van der Waals surface area contributed by atoms with Gasteiger partial charge in [-0.25, -0.2) is 4.79 Å². The predicted molar refractivity (Wildman–Crippen MR) is 86.1 cm³/mol. The molecule has 24 heavy (non-hydrogen) atoms. The van der Waals surface area contributed by atoms with Gasteiger partial charge in [-0.05, 0) is 48.5 Å². The highest BCUT2D eigenvalue weighted by molar-refractivity contribution is 9.10. The number of hydrogen-bond acceptors (Lipinski definition) is 4. The van der Waals surface area contributed by atoms with Gasteiger partial charge in [0.2, 0.25) is 0 Å². The molecule has 5 nitrogen and oxygen atoms in total. The fraction of sp³-hybridized carbons (Fsp3) is 0.125. The summed E-state index contributed by atoms with van der Waals surface area (Å²) in [6.45, 7) is -3.41. The molecule has 2 aromatic rings. The van der Waals surface area contributed by atoms with Gasteiger partial charge in [0.25, 0.3) is 5.91 Å². The van der Waals surface area contributed by atoms with Crippen molar-refractivity contribution in [3.63, 3.8) is 0 Å². The predicted octanol–water partition coefficient (Wildman–Crippen LogP) is 3.85. The second kappa shape index (κ2) is 8.39. The molecule has 0 radical (unpaired) electrons. The van der Waals surface area contributed by atoms with E-state index >= 15 is 0 Å². The van der Waals surface area contributed by atoms with Gasteiger partial charge in [-0.15, -0.1) is 0 Å². The van der Waals surface area contributed by atoms with Crippen LogP contribution in [0, 0.1) is 0 Å². The van der Waals surface area contributed by atoms with Crippen LogP contribution in [0.5, 0.6) is 5.75 Å². The minimum absolute atomic E-state index is 0.0745. The van der Waals surface area contributed by atoms with Crippen LogP contribution in [-0.2, 0) is 9.53 Å². The van der Waals surface area contributed by atoms with Crippen LogP contribution in [-0.4, -0.2) is 25.1 Å². The van der Waals surface area contributed by atoms with Gasteiger partial charge < -0.3 is 14.8 Å². The summed E-state index contributed by atoms with van der Waals surface area (Å²) in [6, 6.07) is 11.8. The van der Waals surface area contributed by atoms with Crippen molar-refractivity contribution in [3.8, 4) is 5.75 Å². The summed E-state index contributed by atoms with van der Waals surface area (Å²) in [4.78, 5) is 23.5. The van der Waals surface area contributed by atoms with Crippen molar-refractivity contribution in [2.45, 2.75) is 6.61 Å². The minimum Gasteiger partial charge on any atom is -0.452 e. The molecule has 1 N–H and O–H groups in total. The molecule has 126 valence electrons. The van der Waals surface area contributed by atoms with Crippen molar-refractivity contribution in [2.24, 2.45) is 0 Å². The summed E-state index contributed by atoms with van der Waals surface area (Å²) in [5.41, 5.74) is 0.681. The second-order valence-electron chi connectivity index (χ2n) is 4.53. The molecule has 0 aliphatic rings. The van der Waals surface area contributed by atoms with Crippen LogP contribution >= 0.6 is 15.9 Å². The van der Waals surface area contributed by atoms with Gasteiger partial charge >= 0.3 is 12.6 Å². The number of rotatable bonds is 6. The number of benzene rings is 2. The zero-order valence-corrected chi connectivity index (χ0v) is 13.8. The van der Waals surface area contributed by atoms with Gasteiger partial charge in [0, 0.05) is 10.2 Å². The maximum atomic E-state index is 12.0. The normalized spacial score (nSPS) is 10.3. The third-order valence-electron chi connectivity index (χ3n) is 2.78. The van der Waals surface area contributed by atoms with Crippen LogP contribution in [0.4, 0.5) is 14.5 Å². The van der Waals surface area contributed by atoms with Crippen LogP contribution in [0.2, 0.25) is 0 Å². The largest absolute Gasteiger partial charge is 0.452 e. The quantitative estimate of drug-likeness (QED) is 0.749. The lowest BCUT2D eigenvalue weighted by Gasteiger charge is -2.08. The number of anilines is 1. The average Bonchev–Trinajstić information content (AvgIpc) is 2.55. The van der Waals surface area contributed by atoms with E-state index in [9.17, 15) is 18.4 Å². The average molecular weight is 400 g/mol. The highest BCUT2D eigenvalue weighted by Gasteiger charge is 2.11. The molecule has 0 unspecified atom stereocenters. The van der Waals surface area contributed by atoms with E-state index in [4.69, 9.17) is 4.74 Å². The summed E-state index contributed by atoms with van der Waals surface area (Å²) in [5.74, 6) is -1.32. The van der Waals surface area contributed by atoms with E-state index < -0.39 is 25.1 Å². The summed E-state index contributed by atoms with van der Waals surface area (Å²) in [7, 11) is 0. The molecule has 2 rings (SSSR count). The molecule has 0 saturated carbocycles. The Balaban J connectivity index is 1.83. The van der Waals surface area contributed by atoms with Crippen LogP contribution in [0.3, 0.4) is 0 Å². The van der Waals surface area contributed by atoms with Gasteiger partial charge in [0.15, 0.2) is 6.61 Å².